The van der Waals surface area contributed by atoms with Crippen molar-refractivity contribution in [3.63, 3.8) is 0 Å². The molecule has 142 valence electrons. The van der Waals surface area contributed by atoms with E-state index in [1.54, 1.807) is 18.3 Å². The third kappa shape index (κ3) is 3.53. The molecule has 1 fully saturated rings. The van der Waals surface area contributed by atoms with Crippen LogP contribution in [-0.4, -0.2) is 54.6 Å². The first-order valence-electron chi connectivity index (χ1n) is 8.28. The van der Waals surface area contributed by atoms with Crippen molar-refractivity contribution in [3.05, 3.63) is 51.1 Å². The average Bonchev–Trinajstić information content (AvgIpc) is 3.38. The molecule has 0 aromatic carbocycles. The summed E-state index contributed by atoms with van der Waals surface area (Å²) in [5, 5.41) is 8.29. The van der Waals surface area contributed by atoms with Gasteiger partial charge in [0.2, 0.25) is 5.82 Å². The van der Waals surface area contributed by atoms with Gasteiger partial charge in [0.05, 0.1) is 4.91 Å². The van der Waals surface area contributed by atoms with Crippen molar-refractivity contribution >= 4 is 52.0 Å². The van der Waals surface area contributed by atoms with Crippen molar-refractivity contribution in [2.75, 3.05) is 13.1 Å². The molecule has 1 N–H and O–H groups in total. The number of amides is 3. The van der Waals surface area contributed by atoms with Gasteiger partial charge in [-0.1, -0.05) is 6.07 Å². The van der Waals surface area contributed by atoms with Gasteiger partial charge >= 0.3 is 0 Å². The van der Waals surface area contributed by atoms with Gasteiger partial charge in [0.25, 0.3) is 22.8 Å². The molecule has 3 aromatic heterocycles. The fourth-order valence-corrected chi connectivity index (χ4v) is 4.15. The molecule has 4 rings (SSSR count). The highest BCUT2D eigenvalue weighted by molar-refractivity contribution is 8.18. The number of nitrogens with zero attached hydrogens (tertiary/aromatic N) is 5. The predicted octanol–water partition coefficient (Wildman–Crippen LogP) is 1.96. The lowest BCUT2D eigenvalue weighted by Gasteiger charge is -2.12. The van der Waals surface area contributed by atoms with E-state index >= 15 is 0 Å². The number of fused-ring (bicyclic) bond motifs is 1. The quantitative estimate of drug-likeness (QED) is 0.636. The first-order valence-corrected chi connectivity index (χ1v) is 9.98. The van der Waals surface area contributed by atoms with Crippen molar-refractivity contribution < 1.29 is 14.4 Å². The van der Waals surface area contributed by atoms with Crippen LogP contribution in [0.3, 0.4) is 0 Å². The van der Waals surface area contributed by atoms with Gasteiger partial charge in [-0.3, -0.25) is 19.3 Å². The minimum atomic E-state index is -0.494. The maximum atomic E-state index is 12.4. The summed E-state index contributed by atoms with van der Waals surface area (Å²) in [5.41, 5.74) is 0.798. The number of rotatable bonds is 5. The Morgan fingerprint density at radius 2 is 2.18 bits per heavy atom. The van der Waals surface area contributed by atoms with E-state index < -0.39 is 5.91 Å². The largest absolute Gasteiger partial charge is 0.347 e. The fourth-order valence-electron chi connectivity index (χ4n) is 2.56. The van der Waals surface area contributed by atoms with Crippen LogP contribution in [-0.2, 0) is 4.79 Å². The third-order valence-corrected chi connectivity index (χ3v) is 5.67. The molecule has 28 heavy (non-hydrogen) atoms. The van der Waals surface area contributed by atoms with Crippen LogP contribution >= 0.6 is 23.1 Å². The van der Waals surface area contributed by atoms with Gasteiger partial charge in [0.1, 0.15) is 0 Å². The molecule has 3 aromatic rings. The van der Waals surface area contributed by atoms with E-state index in [1.165, 1.54) is 15.9 Å². The third-order valence-electron chi connectivity index (χ3n) is 3.94. The summed E-state index contributed by atoms with van der Waals surface area (Å²) in [6.07, 6.45) is 3.29. The molecular weight excluding hydrogens is 400 g/mol. The van der Waals surface area contributed by atoms with Crippen molar-refractivity contribution in [3.8, 4) is 0 Å². The summed E-state index contributed by atoms with van der Waals surface area (Å²) >= 11 is 2.38. The molecular formula is C17H14N6O3S2. The zero-order valence-corrected chi connectivity index (χ0v) is 16.3. The molecule has 1 aliphatic rings. The van der Waals surface area contributed by atoms with Gasteiger partial charge in [0, 0.05) is 29.9 Å². The van der Waals surface area contributed by atoms with E-state index in [1.807, 2.05) is 24.4 Å². The maximum Gasteiger partial charge on any atom is 0.293 e. The molecule has 0 atom stereocenters. The smallest absolute Gasteiger partial charge is 0.293 e. The standard InChI is InChI=1S/C17H14N6O3S2/c1-10-4-5-19-16-20-13(21-23(10)16)14(24)18-6-7-22-15(25)12(28-17(22)26)9-11-3-2-8-27-11/h2-5,8-9H,6-7H2,1H3,(H,18,24)/b12-9+. The average molecular weight is 414 g/mol. The minimum Gasteiger partial charge on any atom is -0.347 e. The monoisotopic (exact) mass is 414 g/mol. The van der Waals surface area contributed by atoms with Crippen molar-refractivity contribution in [1.82, 2.24) is 29.8 Å². The van der Waals surface area contributed by atoms with E-state index in [4.69, 9.17) is 0 Å². The molecule has 1 aliphatic heterocycles. The second kappa shape index (κ2) is 7.52. The van der Waals surface area contributed by atoms with Crippen molar-refractivity contribution in [1.29, 1.82) is 0 Å². The maximum absolute atomic E-state index is 12.4. The topological polar surface area (TPSA) is 110 Å². The summed E-state index contributed by atoms with van der Waals surface area (Å²) in [5.74, 6) is -0.544. The number of carbonyl (C=O) groups is 3. The molecule has 0 unspecified atom stereocenters. The molecule has 1 saturated heterocycles. The van der Waals surface area contributed by atoms with Crippen LogP contribution in [0, 0.1) is 6.92 Å². The van der Waals surface area contributed by atoms with E-state index in [0.717, 1.165) is 27.2 Å². The lowest BCUT2D eigenvalue weighted by atomic mass is 10.3. The van der Waals surface area contributed by atoms with Crippen LogP contribution < -0.4 is 5.32 Å². The van der Waals surface area contributed by atoms with Crippen molar-refractivity contribution in [2.45, 2.75) is 6.92 Å². The van der Waals surface area contributed by atoms with E-state index in [-0.39, 0.29) is 30.1 Å². The van der Waals surface area contributed by atoms with E-state index in [9.17, 15) is 14.4 Å². The number of hydrogen-bond donors (Lipinski definition) is 1. The molecule has 0 radical (unpaired) electrons. The van der Waals surface area contributed by atoms with Crippen molar-refractivity contribution in [2.24, 2.45) is 0 Å². The van der Waals surface area contributed by atoms with Crippen LogP contribution in [0.25, 0.3) is 11.9 Å². The van der Waals surface area contributed by atoms with Gasteiger partial charge in [-0.05, 0) is 42.3 Å². The zero-order valence-electron chi connectivity index (χ0n) is 14.7. The highest BCUT2D eigenvalue weighted by Gasteiger charge is 2.34. The lowest BCUT2D eigenvalue weighted by molar-refractivity contribution is -0.122. The molecule has 4 heterocycles. The van der Waals surface area contributed by atoms with Gasteiger partial charge in [-0.15, -0.1) is 16.4 Å². The van der Waals surface area contributed by atoms with Crippen LogP contribution in [0.2, 0.25) is 0 Å². The summed E-state index contributed by atoms with van der Waals surface area (Å²) in [7, 11) is 0. The highest BCUT2D eigenvalue weighted by Crippen LogP contribution is 2.32. The molecule has 3 amide bonds. The Hall–Kier alpha value is -3.05. The van der Waals surface area contributed by atoms with E-state index in [0.29, 0.717) is 10.7 Å². The number of nitrogens with one attached hydrogen (secondary N) is 1. The Morgan fingerprint density at radius 3 is 2.93 bits per heavy atom. The number of aryl methyl sites for hydroxylation is 1. The fraction of sp³-hybridized carbons (Fsp3) is 0.176. The minimum absolute atomic E-state index is 0.0199. The summed E-state index contributed by atoms with van der Waals surface area (Å²) < 4.78 is 1.47. The summed E-state index contributed by atoms with van der Waals surface area (Å²) in [4.78, 5) is 47.3. The van der Waals surface area contributed by atoms with Gasteiger partial charge in [-0.25, -0.2) is 9.50 Å². The Bertz CT molecular complexity index is 1110. The SMILES string of the molecule is Cc1ccnc2nc(C(=O)NCCN3C(=O)S/C(=C/c4cccs4)C3=O)nn12. The van der Waals surface area contributed by atoms with E-state index in [2.05, 4.69) is 20.4 Å². The van der Waals surface area contributed by atoms with Crippen LogP contribution in [0.15, 0.2) is 34.7 Å². The Balaban J connectivity index is 1.37. The number of aromatic nitrogens is 4. The Labute approximate surface area is 167 Å². The predicted molar refractivity (Wildman–Crippen MR) is 105 cm³/mol. The van der Waals surface area contributed by atoms with Crippen LogP contribution in [0.4, 0.5) is 4.79 Å². The normalized spacial score (nSPS) is 15.8. The second-order valence-electron chi connectivity index (χ2n) is 5.84. The molecule has 0 spiro atoms. The Morgan fingerprint density at radius 1 is 1.32 bits per heavy atom. The zero-order chi connectivity index (χ0) is 19.7. The highest BCUT2D eigenvalue weighted by atomic mass is 32.2. The molecule has 11 heteroatoms. The van der Waals surface area contributed by atoms with Gasteiger partial charge in [0.15, 0.2) is 0 Å². The second-order valence-corrected chi connectivity index (χ2v) is 7.81. The summed E-state index contributed by atoms with van der Waals surface area (Å²) in [6.45, 7) is 2.00. The molecule has 0 bridgehead atoms. The molecule has 0 saturated carbocycles. The lowest BCUT2D eigenvalue weighted by Crippen LogP contribution is -2.37. The first-order chi connectivity index (χ1) is 13.5. The van der Waals surface area contributed by atoms with Gasteiger partial charge < -0.3 is 5.32 Å². The van der Waals surface area contributed by atoms with Crippen LogP contribution in [0.5, 0.6) is 0 Å². The first kappa shape index (κ1) is 18.3. The molecule has 9 nitrogen and oxygen atoms in total. The van der Waals surface area contributed by atoms with Gasteiger partial charge in [-0.2, -0.15) is 4.98 Å². The Kier molecular flexibility index (Phi) is 4.92. The number of hydrogen-bond acceptors (Lipinski definition) is 8. The molecule has 0 aliphatic carbocycles. The number of carbonyl (C=O) groups excluding carboxylic acids is 3. The number of thiophene rings is 1. The number of thioether (sulfide) groups is 1. The number of imide groups is 1. The summed E-state index contributed by atoms with van der Waals surface area (Å²) in [6, 6.07) is 5.50. The van der Waals surface area contributed by atoms with Crippen LogP contribution in [0.1, 0.15) is 21.2 Å².